The van der Waals surface area contributed by atoms with Crippen LogP contribution in [0.5, 0.6) is 0 Å². The zero-order chi connectivity index (χ0) is 23.7. The minimum atomic E-state index is 0. The number of hydrogen-bond acceptors (Lipinski definition) is 1. The highest BCUT2D eigenvalue weighted by Gasteiger charge is 2.54. The lowest BCUT2D eigenvalue weighted by atomic mass is 9.49. The molecule has 1 atom stereocenters. The Morgan fingerprint density at radius 2 is 1.26 bits per heavy atom. The minimum Gasteiger partial charge on any atom is -1.00 e. The number of quaternary nitrogens is 1. The SMILES string of the molecule is CCCCCCCCCCCCC(CCCNC(=O)C12CC3CC(CC(C3)C1)C2)C(C)(C)[NH3+].[Br-]. The quantitative estimate of drug-likeness (QED) is 0.268. The monoisotopic (exact) mass is 540 g/mol. The molecule has 4 saturated carbocycles. The number of nitrogens with one attached hydrogen (secondary N) is 1. The molecule has 0 aromatic rings. The first-order chi connectivity index (χ1) is 15.8. The van der Waals surface area contributed by atoms with Crippen LogP contribution in [0.3, 0.4) is 0 Å². The molecule has 0 aromatic carbocycles. The van der Waals surface area contributed by atoms with E-state index in [1.54, 1.807) is 0 Å². The highest BCUT2D eigenvalue weighted by Crippen LogP contribution is 2.60. The van der Waals surface area contributed by atoms with Gasteiger partial charge in [0.1, 0.15) is 0 Å². The largest absolute Gasteiger partial charge is 1.00 e. The Labute approximate surface area is 222 Å². The second-order valence-electron chi connectivity index (χ2n) is 13.3. The van der Waals surface area contributed by atoms with E-state index >= 15 is 0 Å². The predicted octanol–water partition coefficient (Wildman–Crippen LogP) is 4.05. The highest BCUT2D eigenvalue weighted by molar-refractivity contribution is 5.83. The van der Waals surface area contributed by atoms with E-state index in [-0.39, 0.29) is 27.9 Å². The van der Waals surface area contributed by atoms with Gasteiger partial charge < -0.3 is 28.0 Å². The van der Waals surface area contributed by atoms with Crippen molar-refractivity contribution in [3.8, 4) is 0 Å². The van der Waals surface area contributed by atoms with Gasteiger partial charge in [-0.25, -0.2) is 0 Å². The van der Waals surface area contributed by atoms with Gasteiger partial charge in [-0.05, 0) is 89.4 Å². The molecule has 0 radical (unpaired) electrons. The molecule has 4 fully saturated rings. The standard InChI is InChI=1S/C30H56N2O.BrH/c1-4-5-6-7-8-9-10-11-12-13-15-27(29(2,3)31)16-14-17-32-28(33)30-21-24-18-25(22-30)20-26(19-24)23-30;/h24-27H,4-23,31H2,1-3H3,(H,32,33);1H. The summed E-state index contributed by atoms with van der Waals surface area (Å²) in [5.41, 5.74) is 4.63. The smallest absolute Gasteiger partial charge is 0.226 e. The molecule has 4 bridgehead atoms. The van der Waals surface area contributed by atoms with Gasteiger partial charge in [-0.3, -0.25) is 4.79 Å². The number of rotatable bonds is 17. The van der Waals surface area contributed by atoms with Crippen LogP contribution < -0.4 is 28.0 Å². The van der Waals surface area contributed by atoms with Crippen LogP contribution in [0.2, 0.25) is 0 Å². The van der Waals surface area contributed by atoms with E-state index in [0.29, 0.717) is 11.8 Å². The minimum absolute atomic E-state index is 0. The summed E-state index contributed by atoms with van der Waals surface area (Å²) in [7, 11) is 0. The number of halogens is 1. The maximum Gasteiger partial charge on any atom is 0.226 e. The normalized spacial score (nSPS) is 28.5. The Kier molecular flexibility index (Phi) is 12.9. The second-order valence-corrected chi connectivity index (χ2v) is 13.3. The molecule has 4 aliphatic rings. The number of amides is 1. The van der Waals surface area contributed by atoms with Crippen molar-refractivity contribution in [1.82, 2.24) is 5.32 Å². The Bertz CT molecular complexity index is 550. The molecular formula is C30H57BrN2O. The lowest BCUT2D eigenvalue weighted by molar-refractivity contribution is -0.481. The summed E-state index contributed by atoms with van der Waals surface area (Å²) in [5, 5.41) is 3.40. The topological polar surface area (TPSA) is 56.7 Å². The first-order valence-corrected chi connectivity index (χ1v) is 15.0. The van der Waals surface area contributed by atoms with Gasteiger partial charge in [0.05, 0.1) is 5.54 Å². The molecule has 4 rings (SSSR count). The van der Waals surface area contributed by atoms with Gasteiger partial charge in [0.25, 0.3) is 0 Å². The van der Waals surface area contributed by atoms with Crippen LogP contribution in [-0.2, 0) is 4.79 Å². The lowest BCUT2D eigenvalue weighted by Crippen LogP contribution is -3.00. The molecule has 4 N–H and O–H groups in total. The molecule has 200 valence electrons. The van der Waals surface area contributed by atoms with Crippen LogP contribution in [0.25, 0.3) is 0 Å². The molecule has 34 heavy (non-hydrogen) atoms. The lowest BCUT2D eigenvalue weighted by Gasteiger charge is -2.55. The van der Waals surface area contributed by atoms with Gasteiger partial charge in [-0.1, -0.05) is 71.1 Å². The van der Waals surface area contributed by atoms with Crippen LogP contribution >= 0.6 is 0 Å². The Hall–Kier alpha value is -0.0900. The average Bonchev–Trinajstić information content (AvgIpc) is 2.74. The van der Waals surface area contributed by atoms with Crippen LogP contribution in [0.15, 0.2) is 0 Å². The molecule has 0 heterocycles. The fourth-order valence-electron chi connectivity index (χ4n) is 7.93. The molecule has 4 heteroatoms. The van der Waals surface area contributed by atoms with E-state index in [9.17, 15) is 4.79 Å². The second kappa shape index (κ2) is 14.6. The summed E-state index contributed by atoms with van der Waals surface area (Å²) in [4.78, 5) is 13.2. The zero-order valence-corrected chi connectivity index (χ0v) is 24.5. The molecule has 4 aliphatic carbocycles. The number of carbonyl (C=O) groups excluding carboxylic acids is 1. The van der Waals surface area contributed by atoms with Crippen molar-refractivity contribution in [2.45, 2.75) is 148 Å². The summed E-state index contributed by atoms with van der Waals surface area (Å²) >= 11 is 0. The fourth-order valence-corrected chi connectivity index (χ4v) is 7.93. The maximum absolute atomic E-state index is 13.2. The van der Waals surface area contributed by atoms with Crippen LogP contribution in [0.1, 0.15) is 143 Å². The van der Waals surface area contributed by atoms with Crippen molar-refractivity contribution < 1.29 is 27.5 Å². The van der Waals surface area contributed by atoms with Crippen LogP contribution in [-0.4, -0.2) is 18.0 Å². The van der Waals surface area contributed by atoms with Crippen LogP contribution in [0, 0.1) is 29.1 Å². The number of hydrogen-bond donors (Lipinski definition) is 2. The van der Waals surface area contributed by atoms with Gasteiger partial charge in [0.15, 0.2) is 0 Å². The van der Waals surface area contributed by atoms with Gasteiger partial charge in [-0.2, -0.15) is 0 Å². The van der Waals surface area contributed by atoms with Crippen molar-refractivity contribution in [3.63, 3.8) is 0 Å². The van der Waals surface area contributed by atoms with E-state index in [2.05, 4.69) is 31.8 Å². The van der Waals surface area contributed by atoms with Crippen molar-refractivity contribution in [1.29, 1.82) is 0 Å². The van der Waals surface area contributed by atoms with Gasteiger partial charge in [0, 0.05) is 17.9 Å². The summed E-state index contributed by atoms with van der Waals surface area (Å²) in [5.74, 6) is 3.61. The molecule has 0 saturated heterocycles. The maximum atomic E-state index is 13.2. The van der Waals surface area contributed by atoms with E-state index < -0.39 is 0 Å². The number of unbranched alkanes of at least 4 members (excludes halogenated alkanes) is 9. The first-order valence-electron chi connectivity index (χ1n) is 15.0. The molecule has 1 unspecified atom stereocenters. The summed E-state index contributed by atoms with van der Waals surface area (Å²) in [6.07, 6.45) is 25.4. The van der Waals surface area contributed by atoms with E-state index in [1.807, 2.05) is 0 Å². The summed E-state index contributed by atoms with van der Waals surface area (Å²) in [6, 6.07) is 0. The van der Waals surface area contributed by atoms with E-state index in [4.69, 9.17) is 0 Å². The Morgan fingerprint density at radius 1 is 0.824 bits per heavy atom. The van der Waals surface area contributed by atoms with E-state index in [1.165, 1.54) is 116 Å². The molecule has 0 aliphatic heterocycles. The summed E-state index contributed by atoms with van der Waals surface area (Å²) < 4.78 is 0. The van der Waals surface area contributed by atoms with Crippen molar-refractivity contribution >= 4 is 5.91 Å². The Balaban J connectivity index is 0.00000408. The first kappa shape index (κ1) is 30.1. The molecule has 1 amide bonds. The molecule has 0 spiro atoms. The molecule has 3 nitrogen and oxygen atoms in total. The number of carbonyl (C=O) groups is 1. The highest BCUT2D eigenvalue weighted by atomic mass is 79.9. The predicted molar refractivity (Wildman–Crippen MR) is 140 cm³/mol. The van der Waals surface area contributed by atoms with Crippen molar-refractivity contribution in [2.75, 3.05) is 6.54 Å². The third kappa shape index (κ3) is 9.09. The van der Waals surface area contributed by atoms with Gasteiger partial charge in [0.2, 0.25) is 5.91 Å². The third-order valence-electron chi connectivity index (χ3n) is 9.55. The van der Waals surface area contributed by atoms with Gasteiger partial charge >= 0.3 is 0 Å². The summed E-state index contributed by atoms with van der Waals surface area (Å²) in [6.45, 7) is 7.77. The molecule has 0 aromatic heterocycles. The van der Waals surface area contributed by atoms with Crippen molar-refractivity contribution in [3.05, 3.63) is 0 Å². The third-order valence-corrected chi connectivity index (χ3v) is 9.55. The van der Waals surface area contributed by atoms with E-state index in [0.717, 1.165) is 30.7 Å². The Morgan fingerprint density at radius 3 is 1.74 bits per heavy atom. The van der Waals surface area contributed by atoms with Crippen LogP contribution in [0.4, 0.5) is 0 Å². The zero-order valence-electron chi connectivity index (χ0n) is 22.9. The fraction of sp³-hybridized carbons (Fsp3) is 0.967. The van der Waals surface area contributed by atoms with Gasteiger partial charge in [-0.15, -0.1) is 0 Å². The molecular weight excluding hydrogens is 484 g/mol. The average molecular weight is 542 g/mol. The van der Waals surface area contributed by atoms with Crippen molar-refractivity contribution in [2.24, 2.45) is 29.1 Å².